The molecule has 0 unspecified atom stereocenters. The highest BCUT2D eigenvalue weighted by atomic mass is 32.2. The molecule has 1 amide bonds. The molecule has 1 aromatic rings. The van der Waals surface area contributed by atoms with Gasteiger partial charge in [-0.25, -0.2) is 9.59 Å². The molecule has 2 atom stereocenters. The molecule has 1 aromatic carbocycles. The van der Waals surface area contributed by atoms with Crippen molar-refractivity contribution in [3.8, 4) is 5.75 Å². The maximum absolute atomic E-state index is 12.8. The summed E-state index contributed by atoms with van der Waals surface area (Å²) in [5.41, 5.74) is 7.13. The Balaban J connectivity index is 2.28. The number of methoxy groups -OCH3 is 2. The molecule has 3 rings (SSSR count). The Bertz CT molecular complexity index is 921. The minimum absolute atomic E-state index is 0.0317. The SMILES string of the molecule is CCOC(=O)C1=C(N)N2C(=O)[C@H](C)SC2=C(C(=O)OC)[C@H]1c1ccc(OC)cc1. The van der Waals surface area contributed by atoms with Crippen LogP contribution in [0.4, 0.5) is 0 Å². The summed E-state index contributed by atoms with van der Waals surface area (Å²) in [7, 11) is 2.79. The van der Waals surface area contributed by atoms with E-state index in [1.807, 2.05) is 0 Å². The van der Waals surface area contributed by atoms with E-state index in [1.165, 1.54) is 23.8 Å². The van der Waals surface area contributed by atoms with Crippen molar-refractivity contribution < 1.29 is 28.6 Å². The van der Waals surface area contributed by atoms with Gasteiger partial charge in [0.25, 0.3) is 0 Å². The van der Waals surface area contributed by atoms with Crippen LogP contribution in [0.15, 0.2) is 46.3 Å². The fraction of sp³-hybridized carbons (Fsp3) is 0.350. The zero-order chi connectivity index (χ0) is 21.3. The lowest BCUT2D eigenvalue weighted by Crippen LogP contribution is -2.40. The molecule has 8 nitrogen and oxygen atoms in total. The number of nitrogens with zero attached hydrogens (tertiary/aromatic N) is 1. The van der Waals surface area contributed by atoms with Crippen LogP contribution in [0.2, 0.25) is 0 Å². The monoisotopic (exact) mass is 418 g/mol. The van der Waals surface area contributed by atoms with Gasteiger partial charge in [0, 0.05) is 0 Å². The number of benzene rings is 1. The van der Waals surface area contributed by atoms with Crippen molar-refractivity contribution in [3.63, 3.8) is 0 Å². The average Bonchev–Trinajstić information content (AvgIpc) is 3.02. The van der Waals surface area contributed by atoms with Gasteiger partial charge in [-0.05, 0) is 31.5 Å². The van der Waals surface area contributed by atoms with E-state index in [0.717, 1.165) is 0 Å². The van der Waals surface area contributed by atoms with E-state index in [9.17, 15) is 14.4 Å². The van der Waals surface area contributed by atoms with E-state index in [2.05, 4.69) is 0 Å². The number of carbonyl (C=O) groups excluding carboxylic acids is 3. The van der Waals surface area contributed by atoms with Crippen molar-refractivity contribution in [2.75, 3.05) is 20.8 Å². The standard InChI is InChI=1S/C20H22N2O6S/c1-5-28-20(25)14-13(11-6-8-12(26-3)9-7-11)15(19(24)27-4)18-22(16(14)21)17(23)10(2)29-18/h6-10,13H,5,21H2,1-4H3/t10-,13-/m0/s1. The van der Waals surface area contributed by atoms with Crippen molar-refractivity contribution >= 4 is 29.6 Å². The molecular formula is C20H22N2O6S. The lowest BCUT2D eigenvalue weighted by Gasteiger charge is -2.33. The van der Waals surface area contributed by atoms with Gasteiger partial charge in [-0.3, -0.25) is 9.69 Å². The van der Waals surface area contributed by atoms with Gasteiger partial charge >= 0.3 is 11.9 Å². The third kappa shape index (κ3) is 3.46. The summed E-state index contributed by atoms with van der Waals surface area (Å²) in [6.07, 6.45) is 0. The Morgan fingerprint density at radius 2 is 1.79 bits per heavy atom. The second-order valence-corrected chi connectivity index (χ2v) is 7.70. The van der Waals surface area contributed by atoms with Crippen molar-refractivity contribution in [2.24, 2.45) is 5.73 Å². The first kappa shape index (κ1) is 20.8. The van der Waals surface area contributed by atoms with E-state index in [4.69, 9.17) is 19.9 Å². The molecule has 0 aliphatic carbocycles. The molecule has 1 saturated heterocycles. The van der Waals surface area contributed by atoms with Crippen LogP contribution in [-0.2, 0) is 23.9 Å². The van der Waals surface area contributed by atoms with Gasteiger partial charge in [0.05, 0.1) is 48.2 Å². The number of rotatable bonds is 5. The highest BCUT2D eigenvalue weighted by Crippen LogP contribution is 2.49. The predicted octanol–water partition coefficient (Wildman–Crippen LogP) is 1.87. The van der Waals surface area contributed by atoms with Crippen LogP contribution in [-0.4, -0.2) is 48.8 Å². The minimum atomic E-state index is -0.843. The van der Waals surface area contributed by atoms with Crippen molar-refractivity contribution in [2.45, 2.75) is 25.0 Å². The second-order valence-electron chi connectivity index (χ2n) is 6.37. The fourth-order valence-corrected chi connectivity index (χ4v) is 4.54. The van der Waals surface area contributed by atoms with Crippen molar-refractivity contribution in [3.05, 3.63) is 51.8 Å². The fourth-order valence-electron chi connectivity index (χ4n) is 3.38. The number of ether oxygens (including phenoxy) is 3. The molecule has 154 valence electrons. The maximum atomic E-state index is 12.8. The molecule has 2 aliphatic rings. The molecule has 29 heavy (non-hydrogen) atoms. The lowest BCUT2D eigenvalue weighted by molar-refractivity contribution is -0.139. The molecule has 1 fully saturated rings. The number of esters is 2. The van der Waals surface area contributed by atoms with Crippen molar-refractivity contribution in [1.82, 2.24) is 4.90 Å². The number of amides is 1. The largest absolute Gasteiger partial charge is 0.497 e. The average molecular weight is 418 g/mol. The van der Waals surface area contributed by atoms with Crippen LogP contribution in [0.1, 0.15) is 25.3 Å². The molecule has 2 heterocycles. The Kier molecular flexibility index (Phi) is 5.88. The van der Waals surface area contributed by atoms with E-state index < -0.39 is 23.1 Å². The van der Waals surface area contributed by atoms with Gasteiger partial charge in [-0.1, -0.05) is 23.9 Å². The topological polar surface area (TPSA) is 108 Å². The number of hydrogen-bond acceptors (Lipinski definition) is 8. The first-order valence-corrected chi connectivity index (χ1v) is 9.87. The van der Waals surface area contributed by atoms with E-state index in [0.29, 0.717) is 16.3 Å². The van der Waals surface area contributed by atoms with E-state index in [1.54, 1.807) is 45.2 Å². The van der Waals surface area contributed by atoms with Gasteiger partial charge in [-0.15, -0.1) is 0 Å². The number of thioether (sulfide) groups is 1. The molecule has 0 bridgehead atoms. The molecule has 0 radical (unpaired) electrons. The molecule has 9 heteroatoms. The third-order valence-corrected chi connectivity index (χ3v) is 5.91. The maximum Gasteiger partial charge on any atom is 0.338 e. The minimum Gasteiger partial charge on any atom is -0.497 e. The number of carbonyl (C=O) groups is 3. The molecular weight excluding hydrogens is 396 g/mol. The smallest absolute Gasteiger partial charge is 0.338 e. The summed E-state index contributed by atoms with van der Waals surface area (Å²) in [5.74, 6) is -1.90. The Labute approximate surface area is 172 Å². The van der Waals surface area contributed by atoms with Gasteiger partial charge in [-0.2, -0.15) is 0 Å². The number of hydrogen-bond donors (Lipinski definition) is 1. The third-order valence-electron chi connectivity index (χ3n) is 4.73. The Morgan fingerprint density at radius 3 is 2.34 bits per heavy atom. The van der Waals surface area contributed by atoms with E-state index >= 15 is 0 Å². The normalized spacial score (nSPS) is 21.2. The van der Waals surface area contributed by atoms with Crippen LogP contribution in [0.5, 0.6) is 5.75 Å². The van der Waals surface area contributed by atoms with Crippen LogP contribution < -0.4 is 10.5 Å². The Hall–Kier alpha value is -2.94. The first-order chi connectivity index (χ1) is 13.8. The molecule has 0 aromatic heterocycles. The van der Waals surface area contributed by atoms with Crippen LogP contribution in [0.25, 0.3) is 0 Å². The second kappa shape index (κ2) is 8.20. The summed E-state index contributed by atoms with van der Waals surface area (Å²) in [5, 5.41) is -0.0815. The van der Waals surface area contributed by atoms with Crippen molar-refractivity contribution in [1.29, 1.82) is 0 Å². The molecule has 0 saturated carbocycles. The highest BCUT2D eigenvalue weighted by Gasteiger charge is 2.48. The Morgan fingerprint density at radius 1 is 1.14 bits per heavy atom. The van der Waals surface area contributed by atoms with Crippen LogP contribution in [0, 0.1) is 0 Å². The number of fused-ring (bicyclic) bond motifs is 1. The molecule has 2 aliphatic heterocycles. The highest BCUT2D eigenvalue weighted by molar-refractivity contribution is 8.04. The van der Waals surface area contributed by atoms with Gasteiger partial charge in [0.15, 0.2) is 0 Å². The van der Waals surface area contributed by atoms with E-state index in [-0.39, 0.29) is 29.5 Å². The first-order valence-electron chi connectivity index (χ1n) is 8.99. The summed E-state index contributed by atoms with van der Waals surface area (Å²) >= 11 is 1.21. The quantitative estimate of drug-likeness (QED) is 0.722. The number of nitrogens with two attached hydrogens (primary N) is 1. The molecule has 2 N–H and O–H groups in total. The van der Waals surface area contributed by atoms with Crippen LogP contribution >= 0.6 is 11.8 Å². The lowest BCUT2D eigenvalue weighted by atomic mass is 9.82. The predicted molar refractivity (Wildman–Crippen MR) is 107 cm³/mol. The van der Waals surface area contributed by atoms with Crippen LogP contribution in [0.3, 0.4) is 0 Å². The van der Waals surface area contributed by atoms with Gasteiger partial charge in [0.2, 0.25) is 5.91 Å². The van der Waals surface area contributed by atoms with Gasteiger partial charge in [0.1, 0.15) is 11.6 Å². The summed E-state index contributed by atoms with van der Waals surface area (Å²) < 4.78 is 15.4. The summed E-state index contributed by atoms with van der Waals surface area (Å²) in [6, 6.07) is 6.91. The summed E-state index contributed by atoms with van der Waals surface area (Å²) in [6.45, 7) is 3.50. The summed E-state index contributed by atoms with van der Waals surface area (Å²) in [4.78, 5) is 39.5. The molecule has 0 spiro atoms. The zero-order valence-corrected chi connectivity index (χ0v) is 17.4. The van der Waals surface area contributed by atoms with Gasteiger partial charge < -0.3 is 19.9 Å². The zero-order valence-electron chi connectivity index (χ0n) is 16.6.